The van der Waals surface area contributed by atoms with E-state index in [1.807, 2.05) is 18.2 Å². The van der Waals surface area contributed by atoms with Crippen molar-refractivity contribution in [1.29, 1.82) is 0 Å². The van der Waals surface area contributed by atoms with E-state index in [2.05, 4.69) is 48.7 Å². The van der Waals surface area contributed by atoms with Crippen molar-refractivity contribution in [3.63, 3.8) is 0 Å². The molecule has 0 aliphatic carbocycles. The Hall–Kier alpha value is -1.59. The molecular formula is C18H30N4O. The van der Waals surface area contributed by atoms with Gasteiger partial charge in [0.2, 0.25) is 0 Å². The minimum atomic E-state index is 0.140. The maximum Gasteiger partial charge on any atom is 0.191 e. The minimum Gasteiger partial charge on any atom is -0.381 e. The molecule has 1 heterocycles. The Morgan fingerprint density at radius 1 is 1.17 bits per heavy atom. The Morgan fingerprint density at radius 3 is 2.48 bits per heavy atom. The second kappa shape index (κ2) is 8.89. The number of nitrogens with zero attached hydrogens (tertiary/aromatic N) is 2. The van der Waals surface area contributed by atoms with E-state index >= 15 is 0 Å². The van der Waals surface area contributed by atoms with Crippen LogP contribution in [0.5, 0.6) is 0 Å². The largest absolute Gasteiger partial charge is 0.381 e. The van der Waals surface area contributed by atoms with Crippen LogP contribution in [-0.4, -0.2) is 56.8 Å². The summed E-state index contributed by atoms with van der Waals surface area (Å²) in [5.74, 6) is 0.879. The van der Waals surface area contributed by atoms with E-state index in [1.54, 1.807) is 0 Å². The van der Waals surface area contributed by atoms with Gasteiger partial charge in [-0.3, -0.25) is 0 Å². The van der Waals surface area contributed by atoms with Gasteiger partial charge in [0.1, 0.15) is 0 Å². The molecule has 0 bridgehead atoms. The lowest BCUT2D eigenvalue weighted by molar-refractivity contribution is -0.00501. The maximum atomic E-state index is 5.53. The molecule has 5 heteroatoms. The quantitative estimate of drug-likeness (QED) is 0.621. The van der Waals surface area contributed by atoms with E-state index in [-0.39, 0.29) is 5.54 Å². The zero-order valence-electron chi connectivity index (χ0n) is 14.6. The lowest BCUT2D eigenvalue weighted by atomic mass is 9.88. The molecule has 0 atom stereocenters. The molecule has 2 N–H and O–H groups in total. The third kappa shape index (κ3) is 5.22. The molecule has 128 valence electrons. The predicted molar refractivity (Wildman–Crippen MR) is 95.7 cm³/mol. The number of guanidine groups is 1. The summed E-state index contributed by atoms with van der Waals surface area (Å²) in [5, 5.41) is 6.86. The first kappa shape index (κ1) is 17.8. The van der Waals surface area contributed by atoms with Crippen LogP contribution in [0.3, 0.4) is 0 Å². The summed E-state index contributed by atoms with van der Waals surface area (Å²) in [4.78, 5) is 7.03. The van der Waals surface area contributed by atoms with Crippen LogP contribution >= 0.6 is 0 Å². The number of ether oxygens (including phenoxy) is 1. The van der Waals surface area contributed by atoms with E-state index < -0.39 is 0 Å². The molecule has 1 aromatic carbocycles. The van der Waals surface area contributed by atoms with Crippen molar-refractivity contribution in [2.75, 3.05) is 40.4 Å². The Bertz CT molecular complexity index is 481. The van der Waals surface area contributed by atoms with Crippen LogP contribution < -0.4 is 10.6 Å². The molecule has 1 saturated heterocycles. The number of rotatable bonds is 6. The molecule has 23 heavy (non-hydrogen) atoms. The lowest BCUT2D eigenvalue weighted by Gasteiger charge is -2.43. The van der Waals surface area contributed by atoms with Crippen LogP contribution in [0.1, 0.15) is 25.3 Å². The number of likely N-dealkylation sites (N-methyl/N-ethyl adjacent to an activating group) is 1. The van der Waals surface area contributed by atoms with Gasteiger partial charge in [-0.1, -0.05) is 30.3 Å². The van der Waals surface area contributed by atoms with Crippen LogP contribution in [0.2, 0.25) is 0 Å². The SMILES string of the molecule is CCNC(=NCc1ccccc1)NCC1(N(C)C)CCOCC1. The van der Waals surface area contributed by atoms with E-state index in [1.165, 1.54) is 5.56 Å². The van der Waals surface area contributed by atoms with Gasteiger partial charge < -0.3 is 20.3 Å². The molecule has 1 aromatic rings. The fourth-order valence-electron chi connectivity index (χ4n) is 2.88. The summed E-state index contributed by atoms with van der Waals surface area (Å²) < 4.78 is 5.53. The molecule has 1 aliphatic rings. The summed E-state index contributed by atoms with van der Waals surface area (Å²) in [6.45, 7) is 6.18. The van der Waals surface area contributed by atoms with Gasteiger partial charge in [0, 0.05) is 31.8 Å². The summed E-state index contributed by atoms with van der Waals surface area (Å²) in [6, 6.07) is 10.3. The van der Waals surface area contributed by atoms with E-state index in [0.29, 0.717) is 6.54 Å². The molecule has 0 amide bonds. The fraction of sp³-hybridized carbons (Fsp3) is 0.611. The average molecular weight is 318 g/mol. The molecule has 5 nitrogen and oxygen atoms in total. The summed E-state index contributed by atoms with van der Waals surface area (Å²) in [7, 11) is 4.31. The summed E-state index contributed by atoms with van der Waals surface area (Å²) in [6.07, 6.45) is 2.09. The standard InChI is InChI=1S/C18H30N4O/c1-4-19-17(20-14-16-8-6-5-7-9-16)21-15-18(22(2)3)10-12-23-13-11-18/h5-9H,4,10-15H2,1-3H3,(H2,19,20,21). The molecule has 0 spiro atoms. The van der Waals surface area contributed by atoms with Gasteiger partial charge in [-0.2, -0.15) is 0 Å². The fourth-order valence-corrected chi connectivity index (χ4v) is 2.88. The predicted octanol–water partition coefficient (Wildman–Crippen LogP) is 1.85. The molecule has 1 fully saturated rings. The first-order valence-corrected chi connectivity index (χ1v) is 8.47. The molecule has 0 unspecified atom stereocenters. The van der Waals surface area contributed by atoms with Gasteiger partial charge in [-0.15, -0.1) is 0 Å². The van der Waals surface area contributed by atoms with Crippen molar-refractivity contribution in [3.8, 4) is 0 Å². The van der Waals surface area contributed by atoms with Crippen LogP contribution in [-0.2, 0) is 11.3 Å². The number of nitrogens with one attached hydrogen (secondary N) is 2. The Morgan fingerprint density at radius 2 is 1.87 bits per heavy atom. The Balaban J connectivity index is 1.97. The van der Waals surface area contributed by atoms with E-state index in [9.17, 15) is 0 Å². The van der Waals surface area contributed by atoms with Crippen LogP contribution in [0.15, 0.2) is 35.3 Å². The number of hydrogen-bond donors (Lipinski definition) is 2. The van der Waals surface area contributed by atoms with E-state index in [4.69, 9.17) is 9.73 Å². The summed E-state index contributed by atoms with van der Waals surface area (Å²) in [5.41, 5.74) is 1.36. The Kier molecular flexibility index (Phi) is 6.86. The van der Waals surface area contributed by atoms with Crippen molar-refractivity contribution in [1.82, 2.24) is 15.5 Å². The van der Waals surface area contributed by atoms with Crippen LogP contribution in [0.25, 0.3) is 0 Å². The van der Waals surface area contributed by atoms with Gasteiger partial charge in [0.15, 0.2) is 5.96 Å². The summed E-state index contributed by atoms with van der Waals surface area (Å²) >= 11 is 0. The topological polar surface area (TPSA) is 48.9 Å². The number of aliphatic imine (C=N–C) groups is 1. The molecule has 2 rings (SSSR count). The lowest BCUT2D eigenvalue weighted by Crippen LogP contribution is -2.57. The smallest absolute Gasteiger partial charge is 0.191 e. The number of benzene rings is 1. The van der Waals surface area contributed by atoms with Gasteiger partial charge in [0.05, 0.1) is 6.54 Å². The normalized spacial score (nSPS) is 18.0. The Labute approximate surface area is 140 Å². The zero-order chi connectivity index (χ0) is 16.5. The van der Waals surface area contributed by atoms with Crippen molar-refractivity contribution in [2.24, 2.45) is 4.99 Å². The number of hydrogen-bond acceptors (Lipinski definition) is 3. The monoisotopic (exact) mass is 318 g/mol. The third-order valence-electron chi connectivity index (χ3n) is 4.56. The second-order valence-corrected chi connectivity index (χ2v) is 6.27. The van der Waals surface area contributed by atoms with Gasteiger partial charge in [-0.05, 0) is 39.4 Å². The van der Waals surface area contributed by atoms with Crippen molar-refractivity contribution >= 4 is 5.96 Å². The van der Waals surface area contributed by atoms with Crippen LogP contribution in [0, 0.1) is 0 Å². The van der Waals surface area contributed by atoms with Gasteiger partial charge >= 0.3 is 0 Å². The third-order valence-corrected chi connectivity index (χ3v) is 4.56. The minimum absolute atomic E-state index is 0.140. The first-order chi connectivity index (χ1) is 11.2. The molecule has 1 aliphatic heterocycles. The zero-order valence-corrected chi connectivity index (χ0v) is 14.6. The second-order valence-electron chi connectivity index (χ2n) is 6.27. The molecule has 0 radical (unpaired) electrons. The van der Waals surface area contributed by atoms with Crippen molar-refractivity contribution in [2.45, 2.75) is 31.8 Å². The van der Waals surface area contributed by atoms with Gasteiger partial charge in [-0.25, -0.2) is 4.99 Å². The first-order valence-electron chi connectivity index (χ1n) is 8.47. The van der Waals surface area contributed by atoms with E-state index in [0.717, 1.165) is 45.1 Å². The van der Waals surface area contributed by atoms with Crippen molar-refractivity contribution in [3.05, 3.63) is 35.9 Å². The highest BCUT2D eigenvalue weighted by atomic mass is 16.5. The molecule has 0 aromatic heterocycles. The highest BCUT2D eigenvalue weighted by Crippen LogP contribution is 2.24. The molecular weight excluding hydrogens is 288 g/mol. The highest BCUT2D eigenvalue weighted by molar-refractivity contribution is 5.79. The maximum absolute atomic E-state index is 5.53. The van der Waals surface area contributed by atoms with Gasteiger partial charge in [0.25, 0.3) is 0 Å². The highest BCUT2D eigenvalue weighted by Gasteiger charge is 2.34. The van der Waals surface area contributed by atoms with Crippen molar-refractivity contribution < 1.29 is 4.74 Å². The molecule has 0 saturated carbocycles. The van der Waals surface area contributed by atoms with Crippen LogP contribution in [0.4, 0.5) is 0 Å². The average Bonchev–Trinajstić information content (AvgIpc) is 2.59.